The largest absolute Gasteiger partial charge is 0.355 e. The molecule has 4 nitrogen and oxygen atoms in total. The van der Waals surface area contributed by atoms with E-state index < -0.39 is 0 Å². The number of nitrogens with two attached hydrogens (primary N) is 1. The SMILES string of the molecule is N#Cc1cc2c(nc1N1CC3CCC(N)C3C1)CCCC2. The Kier molecular flexibility index (Phi) is 3.11. The van der Waals surface area contributed by atoms with E-state index in [0.29, 0.717) is 17.9 Å². The van der Waals surface area contributed by atoms with Gasteiger partial charge in [-0.25, -0.2) is 4.98 Å². The van der Waals surface area contributed by atoms with Crippen LogP contribution in [0.2, 0.25) is 0 Å². The van der Waals surface area contributed by atoms with Gasteiger partial charge in [0, 0.05) is 24.8 Å². The summed E-state index contributed by atoms with van der Waals surface area (Å²) in [6, 6.07) is 4.79. The Morgan fingerprint density at radius 3 is 2.90 bits per heavy atom. The first-order valence-corrected chi connectivity index (χ1v) is 8.19. The molecule has 2 fully saturated rings. The van der Waals surface area contributed by atoms with Gasteiger partial charge in [0.05, 0.1) is 5.56 Å². The molecule has 1 saturated heterocycles. The average molecular weight is 282 g/mol. The van der Waals surface area contributed by atoms with Gasteiger partial charge in [-0.1, -0.05) is 0 Å². The number of fused-ring (bicyclic) bond motifs is 2. The van der Waals surface area contributed by atoms with Crippen LogP contribution in [0.25, 0.3) is 0 Å². The van der Waals surface area contributed by atoms with Gasteiger partial charge < -0.3 is 10.6 Å². The fraction of sp³-hybridized carbons (Fsp3) is 0.647. The van der Waals surface area contributed by atoms with E-state index in [4.69, 9.17) is 10.7 Å². The van der Waals surface area contributed by atoms with Gasteiger partial charge >= 0.3 is 0 Å². The summed E-state index contributed by atoms with van der Waals surface area (Å²) in [5.74, 6) is 2.21. The number of rotatable bonds is 1. The lowest BCUT2D eigenvalue weighted by Crippen LogP contribution is -2.31. The predicted molar refractivity (Wildman–Crippen MR) is 82.0 cm³/mol. The summed E-state index contributed by atoms with van der Waals surface area (Å²) in [5.41, 5.74) is 9.49. The van der Waals surface area contributed by atoms with Crippen molar-refractivity contribution < 1.29 is 0 Å². The molecule has 0 bridgehead atoms. The van der Waals surface area contributed by atoms with Gasteiger partial charge in [0.2, 0.25) is 0 Å². The second kappa shape index (κ2) is 4.99. The van der Waals surface area contributed by atoms with E-state index in [1.54, 1.807) is 0 Å². The van der Waals surface area contributed by atoms with E-state index in [0.717, 1.165) is 43.7 Å². The van der Waals surface area contributed by atoms with Crippen LogP contribution in [0.3, 0.4) is 0 Å². The van der Waals surface area contributed by atoms with Crippen LogP contribution >= 0.6 is 0 Å². The van der Waals surface area contributed by atoms with Crippen LogP contribution in [0.1, 0.15) is 42.5 Å². The Morgan fingerprint density at radius 1 is 1.24 bits per heavy atom. The Hall–Kier alpha value is -1.60. The van der Waals surface area contributed by atoms with Crippen molar-refractivity contribution in [1.29, 1.82) is 5.26 Å². The summed E-state index contributed by atoms with van der Waals surface area (Å²) >= 11 is 0. The number of pyridine rings is 1. The quantitative estimate of drug-likeness (QED) is 0.855. The molecule has 3 aliphatic rings. The molecule has 4 rings (SSSR count). The van der Waals surface area contributed by atoms with Crippen molar-refractivity contribution in [2.24, 2.45) is 17.6 Å². The van der Waals surface area contributed by atoms with Gasteiger partial charge in [-0.15, -0.1) is 0 Å². The van der Waals surface area contributed by atoms with Gasteiger partial charge in [0.25, 0.3) is 0 Å². The molecule has 3 unspecified atom stereocenters. The van der Waals surface area contributed by atoms with Crippen molar-refractivity contribution in [2.45, 2.75) is 44.6 Å². The normalized spacial score (nSPS) is 30.9. The smallest absolute Gasteiger partial charge is 0.146 e. The second-order valence-electron chi connectivity index (χ2n) is 6.85. The van der Waals surface area contributed by atoms with Crippen LogP contribution in [0, 0.1) is 23.2 Å². The van der Waals surface area contributed by atoms with Gasteiger partial charge in [-0.05, 0) is 62.0 Å². The van der Waals surface area contributed by atoms with Crippen LogP contribution in [0.15, 0.2) is 6.07 Å². The molecule has 110 valence electrons. The first-order chi connectivity index (χ1) is 10.3. The average Bonchev–Trinajstić information content (AvgIpc) is 3.08. The van der Waals surface area contributed by atoms with Crippen molar-refractivity contribution in [1.82, 2.24) is 4.98 Å². The monoisotopic (exact) mass is 282 g/mol. The van der Waals surface area contributed by atoms with Gasteiger partial charge in [-0.2, -0.15) is 5.26 Å². The van der Waals surface area contributed by atoms with Crippen molar-refractivity contribution in [2.75, 3.05) is 18.0 Å². The molecule has 1 saturated carbocycles. The van der Waals surface area contributed by atoms with Gasteiger partial charge in [0.1, 0.15) is 11.9 Å². The van der Waals surface area contributed by atoms with E-state index in [1.807, 2.05) is 0 Å². The summed E-state index contributed by atoms with van der Waals surface area (Å²) in [6.45, 7) is 2.01. The Labute approximate surface area is 126 Å². The molecule has 4 heteroatoms. The molecule has 1 aliphatic heterocycles. The highest BCUT2D eigenvalue weighted by molar-refractivity contribution is 5.57. The van der Waals surface area contributed by atoms with E-state index in [2.05, 4.69) is 17.0 Å². The molecule has 2 heterocycles. The first kappa shape index (κ1) is 13.1. The topological polar surface area (TPSA) is 65.9 Å². The minimum absolute atomic E-state index is 0.336. The highest BCUT2D eigenvalue weighted by Crippen LogP contribution is 2.39. The summed E-state index contributed by atoms with van der Waals surface area (Å²) < 4.78 is 0. The molecule has 0 amide bonds. The molecule has 2 aliphatic carbocycles. The molecule has 0 spiro atoms. The van der Waals surface area contributed by atoms with Crippen LogP contribution in [0.5, 0.6) is 0 Å². The van der Waals surface area contributed by atoms with Crippen LogP contribution in [0.4, 0.5) is 5.82 Å². The molecule has 0 radical (unpaired) electrons. The van der Waals surface area contributed by atoms with Gasteiger partial charge in [-0.3, -0.25) is 0 Å². The third kappa shape index (κ3) is 2.11. The molecule has 0 aromatic carbocycles. The Balaban J connectivity index is 1.67. The lowest BCUT2D eigenvalue weighted by molar-refractivity contribution is 0.453. The summed E-state index contributed by atoms with van der Waals surface area (Å²) in [6.07, 6.45) is 6.98. The Morgan fingerprint density at radius 2 is 2.10 bits per heavy atom. The maximum Gasteiger partial charge on any atom is 0.146 e. The van der Waals surface area contributed by atoms with Crippen molar-refractivity contribution in [3.63, 3.8) is 0 Å². The van der Waals surface area contributed by atoms with Crippen molar-refractivity contribution in [3.05, 3.63) is 22.9 Å². The Bertz CT molecular complexity index is 604. The molecule has 21 heavy (non-hydrogen) atoms. The fourth-order valence-electron chi connectivity index (χ4n) is 4.43. The zero-order valence-corrected chi connectivity index (χ0v) is 12.4. The molecular formula is C17H22N4. The molecular weight excluding hydrogens is 260 g/mol. The standard InChI is InChI=1S/C17H22N4/c18-8-13-7-11-3-1-2-4-16(11)20-17(13)21-9-12-5-6-15(19)14(12)10-21/h7,12,14-15H,1-6,9-10,19H2. The number of aryl methyl sites for hydroxylation is 2. The zero-order valence-electron chi connectivity index (χ0n) is 12.4. The van der Waals surface area contributed by atoms with E-state index in [1.165, 1.54) is 30.5 Å². The lowest BCUT2D eigenvalue weighted by Gasteiger charge is -2.24. The summed E-state index contributed by atoms with van der Waals surface area (Å²) in [7, 11) is 0. The highest BCUT2D eigenvalue weighted by atomic mass is 15.2. The van der Waals surface area contributed by atoms with Crippen molar-refractivity contribution in [3.8, 4) is 6.07 Å². The lowest BCUT2D eigenvalue weighted by atomic mass is 9.95. The minimum atomic E-state index is 0.336. The predicted octanol–water partition coefficient (Wildman–Crippen LogP) is 2.01. The van der Waals surface area contributed by atoms with Crippen LogP contribution in [-0.2, 0) is 12.8 Å². The third-order valence-electron chi connectivity index (χ3n) is 5.61. The highest BCUT2D eigenvalue weighted by Gasteiger charge is 2.42. The molecule has 3 atom stereocenters. The van der Waals surface area contributed by atoms with Crippen LogP contribution in [-0.4, -0.2) is 24.1 Å². The number of hydrogen-bond donors (Lipinski definition) is 1. The fourth-order valence-corrected chi connectivity index (χ4v) is 4.43. The van der Waals surface area contributed by atoms with E-state index in [9.17, 15) is 5.26 Å². The number of nitriles is 1. The third-order valence-corrected chi connectivity index (χ3v) is 5.61. The molecule has 1 aromatic heterocycles. The van der Waals surface area contributed by atoms with Crippen molar-refractivity contribution >= 4 is 5.82 Å². The van der Waals surface area contributed by atoms with E-state index >= 15 is 0 Å². The van der Waals surface area contributed by atoms with Gasteiger partial charge in [0.15, 0.2) is 0 Å². The molecule has 1 aromatic rings. The summed E-state index contributed by atoms with van der Waals surface area (Å²) in [5, 5.41) is 9.49. The number of nitrogens with zero attached hydrogens (tertiary/aromatic N) is 3. The maximum atomic E-state index is 9.49. The molecule has 2 N–H and O–H groups in total. The second-order valence-corrected chi connectivity index (χ2v) is 6.85. The maximum absolute atomic E-state index is 9.49. The minimum Gasteiger partial charge on any atom is -0.355 e. The van der Waals surface area contributed by atoms with Crippen LogP contribution < -0.4 is 10.6 Å². The number of aromatic nitrogens is 1. The zero-order chi connectivity index (χ0) is 14.4. The summed E-state index contributed by atoms with van der Waals surface area (Å²) in [4.78, 5) is 7.20. The van der Waals surface area contributed by atoms with E-state index in [-0.39, 0.29) is 0 Å². The number of hydrogen-bond acceptors (Lipinski definition) is 4. The number of anilines is 1. The first-order valence-electron chi connectivity index (χ1n) is 8.19.